The molecule has 6 nitrogen and oxygen atoms in total. The number of carboxylic acid groups (broad SMARTS) is 1. The van der Waals surface area contributed by atoms with Gasteiger partial charge in [0.1, 0.15) is 5.82 Å². The molecule has 0 bridgehead atoms. The number of carbonyl (C=O) groups excluding carboxylic acids is 2. The Hall–Kier alpha value is -2.87. The molecule has 0 saturated carbocycles. The summed E-state index contributed by atoms with van der Waals surface area (Å²) in [6.45, 7) is 0. The zero-order valence-electron chi connectivity index (χ0n) is 12.8. The molecular formula is C17H13FN2O4S. The fourth-order valence-corrected chi connectivity index (χ4v) is 3.49. The first kappa shape index (κ1) is 17.0. The molecule has 1 atom stereocenters. The van der Waals surface area contributed by atoms with Crippen molar-refractivity contribution in [3.8, 4) is 0 Å². The maximum Gasteiger partial charge on any atom is 0.335 e. The van der Waals surface area contributed by atoms with E-state index in [1.807, 2.05) is 0 Å². The second kappa shape index (κ2) is 6.94. The Balaban J connectivity index is 1.72. The van der Waals surface area contributed by atoms with Gasteiger partial charge in [0.15, 0.2) is 0 Å². The number of para-hydroxylation sites is 1. The molecule has 25 heavy (non-hydrogen) atoms. The van der Waals surface area contributed by atoms with Crippen LogP contribution in [0.15, 0.2) is 47.4 Å². The molecule has 0 fully saturated rings. The van der Waals surface area contributed by atoms with Gasteiger partial charge in [-0.05, 0) is 30.3 Å². The van der Waals surface area contributed by atoms with E-state index in [4.69, 9.17) is 5.11 Å². The molecule has 1 aliphatic heterocycles. The summed E-state index contributed by atoms with van der Waals surface area (Å²) in [4.78, 5) is 35.9. The van der Waals surface area contributed by atoms with E-state index < -0.39 is 22.9 Å². The summed E-state index contributed by atoms with van der Waals surface area (Å²) in [5.41, 5.74) is 0.644. The number of carbonyl (C=O) groups is 3. The summed E-state index contributed by atoms with van der Waals surface area (Å²) in [7, 11) is 0. The Bertz CT molecular complexity index is 871. The lowest BCUT2D eigenvalue weighted by Crippen LogP contribution is -2.32. The van der Waals surface area contributed by atoms with Gasteiger partial charge in [-0.2, -0.15) is 0 Å². The summed E-state index contributed by atoms with van der Waals surface area (Å²) in [5, 5.41) is 13.4. The predicted molar refractivity (Wildman–Crippen MR) is 91.3 cm³/mol. The van der Waals surface area contributed by atoms with Crippen LogP contribution in [0.25, 0.3) is 0 Å². The average Bonchev–Trinajstić information content (AvgIpc) is 2.57. The third-order valence-corrected chi connectivity index (χ3v) is 4.82. The van der Waals surface area contributed by atoms with E-state index in [9.17, 15) is 18.8 Å². The van der Waals surface area contributed by atoms with E-state index in [-0.39, 0.29) is 23.6 Å². The summed E-state index contributed by atoms with van der Waals surface area (Å²) in [5.74, 6) is -2.50. The van der Waals surface area contributed by atoms with Gasteiger partial charge < -0.3 is 15.7 Å². The number of rotatable bonds is 4. The van der Waals surface area contributed by atoms with Gasteiger partial charge >= 0.3 is 5.97 Å². The van der Waals surface area contributed by atoms with E-state index in [0.717, 1.165) is 11.8 Å². The first-order valence-corrected chi connectivity index (χ1v) is 8.21. The van der Waals surface area contributed by atoms with Gasteiger partial charge in [-0.3, -0.25) is 9.59 Å². The molecule has 0 saturated heterocycles. The van der Waals surface area contributed by atoms with E-state index in [0.29, 0.717) is 10.6 Å². The Kier molecular flexibility index (Phi) is 4.71. The highest BCUT2D eigenvalue weighted by Gasteiger charge is 2.29. The van der Waals surface area contributed by atoms with E-state index in [1.54, 1.807) is 6.07 Å². The number of amides is 2. The van der Waals surface area contributed by atoms with E-state index in [2.05, 4.69) is 10.6 Å². The van der Waals surface area contributed by atoms with Gasteiger partial charge in [-0.25, -0.2) is 9.18 Å². The van der Waals surface area contributed by atoms with Crippen LogP contribution in [-0.4, -0.2) is 28.1 Å². The second-order valence-corrected chi connectivity index (χ2v) is 6.59. The molecule has 2 aromatic carbocycles. The third kappa shape index (κ3) is 3.80. The number of anilines is 2. The standard InChI is InChI=1S/C17H13FN2O4S/c18-10-3-1-2-4-11(10)19-15(21)8-14-16(22)20-12-6-5-9(17(23)24)7-13(12)25-14/h1-7,14H,8H2,(H,19,21)(H,20,22)(H,23,24)/t14-/m1/s1. The molecular weight excluding hydrogens is 347 g/mol. The first-order chi connectivity index (χ1) is 11.9. The highest BCUT2D eigenvalue weighted by molar-refractivity contribution is 8.01. The fourth-order valence-electron chi connectivity index (χ4n) is 2.34. The topological polar surface area (TPSA) is 95.5 Å². The monoisotopic (exact) mass is 360 g/mol. The van der Waals surface area contributed by atoms with Crippen LogP contribution in [0.4, 0.5) is 15.8 Å². The van der Waals surface area contributed by atoms with Crippen molar-refractivity contribution in [3.63, 3.8) is 0 Å². The molecule has 1 aliphatic rings. The van der Waals surface area contributed by atoms with Gasteiger partial charge in [0.05, 0.1) is 22.2 Å². The van der Waals surface area contributed by atoms with Crippen LogP contribution < -0.4 is 10.6 Å². The zero-order chi connectivity index (χ0) is 18.0. The number of nitrogens with one attached hydrogen (secondary N) is 2. The zero-order valence-corrected chi connectivity index (χ0v) is 13.6. The second-order valence-electron chi connectivity index (χ2n) is 5.34. The Morgan fingerprint density at radius 2 is 2.00 bits per heavy atom. The maximum absolute atomic E-state index is 13.6. The molecule has 3 N–H and O–H groups in total. The molecule has 2 amide bonds. The number of hydrogen-bond acceptors (Lipinski definition) is 4. The van der Waals surface area contributed by atoms with Gasteiger partial charge in [0.25, 0.3) is 0 Å². The largest absolute Gasteiger partial charge is 0.478 e. The van der Waals surface area contributed by atoms with Crippen molar-refractivity contribution in [1.29, 1.82) is 0 Å². The lowest BCUT2D eigenvalue weighted by Gasteiger charge is -2.24. The van der Waals surface area contributed by atoms with Crippen molar-refractivity contribution in [2.24, 2.45) is 0 Å². The van der Waals surface area contributed by atoms with Crippen LogP contribution in [0.3, 0.4) is 0 Å². The van der Waals surface area contributed by atoms with Gasteiger partial charge in [-0.15, -0.1) is 11.8 Å². The summed E-state index contributed by atoms with van der Waals surface area (Å²) in [6.07, 6.45) is -0.165. The molecule has 0 spiro atoms. The molecule has 0 unspecified atom stereocenters. The molecule has 0 radical (unpaired) electrons. The van der Waals surface area contributed by atoms with Crippen molar-refractivity contribution >= 4 is 40.9 Å². The molecule has 128 valence electrons. The molecule has 2 aromatic rings. The van der Waals surface area contributed by atoms with Crippen molar-refractivity contribution in [2.75, 3.05) is 10.6 Å². The minimum Gasteiger partial charge on any atom is -0.478 e. The van der Waals surface area contributed by atoms with Crippen molar-refractivity contribution in [1.82, 2.24) is 0 Å². The SMILES string of the molecule is O=C(C[C@H]1Sc2cc(C(=O)O)ccc2NC1=O)Nc1ccccc1F. The van der Waals surface area contributed by atoms with Crippen molar-refractivity contribution in [3.05, 3.63) is 53.8 Å². The van der Waals surface area contributed by atoms with Crippen LogP contribution in [0.5, 0.6) is 0 Å². The van der Waals surface area contributed by atoms with Gasteiger partial charge in [-0.1, -0.05) is 12.1 Å². The number of aromatic carboxylic acids is 1. The lowest BCUT2D eigenvalue weighted by atomic mass is 10.2. The minimum absolute atomic E-state index is 0.0438. The molecule has 1 heterocycles. The van der Waals surface area contributed by atoms with Crippen LogP contribution in [0.2, 0.25) is 0 Å². The average molecular weight is 360 g/mol. The quantitative estimate of drug-likeness (QED) is 0.779. The number of benzene rings is 2. The van der Waals surface area contributed by atoms with E-state index >= 15 is 0 Å². The van der Waals surface area contributed by atoms with Crippen molar-refractivity contribution < 1.29 is 23.9 Å². The summed E-state index contributed by atoms with van der Waals surface area (Å²) < 4.78 is 13.6. The summed E-state index contributed by atoms with van der Waals surface area (Å²) in [6, 6.07) is 10.1. The Morgan fingerprint density at radius 3 is 2.72 bits per heavy atom. The first-order valence-electron chi connectivity index (χ1n) is 7.33. The number of hydrogen-bond donors (Lipinski definition) is 3. The van der Waals surface area contributed by atoms with Gasteiger partial charge in [0.2, 0.25) is 11.8 Å². The molecule has 0 aliphatic carbocycles. The van der Waals surface area contributed by atoms with Gasteiger partial charge in [0, 0.05) is 11.3 Å². The minimum atomic E-state index is -1.07. The summed E-state index contributed by atoms with van der Waals surface area (Å²) >= 11 is 1.11. The molecule has 3 rings (SSSR count). The molecule has 0 aromatic heterocycles. The normalized spacial score (nSPS) is 15.9. The van der Waals surface area contributed by atoms with Crippen LogP contribution in [0.1, 0.15) is 16.8 Å². The number of halogens is 1. The van der Waals surface area contributed by atoms with Crippen molar-refractivity contribution in [2.45, 2.75) is 16.6 Å². The number of fused-ring (bicyclic) bond motifs is 1. The number of carboxylic acids is 1. The predicted octanol–water partition coefficient (Wildman–Crippen LogP) is 2.97. The Labute approximate surface area is 146 Å². The lowest BCUT2D eigenvalue weighted by molar-refractivity contribution is -0.120. The third-order valence-electron chi connectivity index (χ3n) is 3.57. The number of thioether (sulfide) groups is 1. The van der Waals surface area contributed by atoms with Crippen LogP contribution in [0, 0.1) is 5.82 Å². The van der Waals surface area contributed by atoms with Crippen LogP contribution >= 0.6 is 11.8 Å². The highest BCUT2D eigenvalue weighted by Crippen LogP contribution is 2.37. The Morgan fingerprint density at radius 1 is 1.24 bits per heavy atom. The van der Waals surface area contributed by atoms with E-state index in [1.165, 1.54) is 36.4 Å². The highest BCUT2D eigenvalue weighted by atomic mass is 32.2. The molecule has 8 heteroatoms. The van der Waals surface area contributed by atoms with Crippen LogP contribution in [-0.2, 0) is 9.59 Å². The fraction of sp³-hybridized carbons (Fsp3) is 0.118. The maximum atomic E-state index is 13.6. The smallest absolute Gasteiger partial charge is 0.335 e.